The number of nitrogens with one attached hydrogen (secondary N) is 1. The molecule has 27 heavy (non-hydrogen) atoms. The van der Waals surface area contributed by atoms with Gasteiger partial charge in [-0.15, -0.1) is 6.58 Å². The first-order valence-electron chi connectivity index (χ1n) is 9.56. The van der Waals surface area contributed by atoms with Gasteiger partial charge in [-0.05, 0) is 26.2 Å². The van der Waals surface area contributed by atoms with Crippen molar-refractivity contribution in [3.8, 4) is 0 Å². The van der Waals surface area contributed by atoms with Gasteiger partial charge in [0.2, 0.25) is 5.91 Å². The number of carbonyl (C=O) groups excluding carboxylic acids is 3. The largest absolute Gasteiger partial charge is 0.435 e. The lowest BCUT2D eigenvalue weighted by Crippen LogP contribution is -2.51. The third-order valence-electron chi connectivity index (χ3n) is 4.45. The second kappa shape index (κ2) is 14.6. The van der Waals surface area contributed by atoms with Gasteiger partial charge < -0.3 is 19.5 Å². The summed E-state index contributed by atoms with van der Waals surface area (Å²) in [4.78, 5) is 37.9. The van der Waals surface area contributed by atoms with Crippen LogP contribution in [0.25, 0.3) is 0 Å². The number of likely N-dealkylation sites (tertiary alicyclic amines) is 1. The fraction of sp³-hybridized carbons (Fsp3) is 0.737. The standard InChI is InChI=1S/C17H29N2O5P.C2H6/c1-4-5-6-7-8-9-14(18-17(22)24-25)16(21)19-11-13(23-3)10-15(19)12(2)20;1-2/h4,13-15H,1,5-11,25H2,2-3H3,(H,18,22);1-2H3/t13-,14+,15+;/m1./s1. The molecule has 0 aromatic carbocycles. The summed E-state index contributed by atoms with van der Waals surface area (Å²) in [5.41, 5.74) is 0. The summed E-state index contributed by atoms with van der Waals surface area (Å²) in [6, 6.07) is -1.22. The van der Waals surface area contributed by atoms with Gasteiger partial charge in [0.25, 0.3) is 0 Å². The summed E-state index contributed by atoms with van der Waals surface area (Å²) in [5, 5.41) is 2.58. The van der Waals surface area contributed by atoms with Crippen molar-refractivity contribution < 1.29 is 23.6 Å². The average Bonchev–Trinajstić information content (AvgIpc) is 3.12. The molecule has 156 valence electrons. The molecule has 1 aliphatic heterocycles. The van der Waals surface area contributed by atoms with E-state index >= 15 is 0 Å². The first-order valence-corrected chi connectivity index (χ1v) is 10.0. The lowest BCUT2D eigenvalue weighted by atomic mass is 10.0. The molecule has 4 atom stereocenters. The second-order valence-corrected chi connectivity index (χ2v) is 6.48. The van der Waals surface area contributed by atoms with E-state index in [4.69, 9.17) is 4.74 Å². The lowest BCUT2D eigenvalue weighted by Gasteiger charge is -2.27. The van der Waals surface area contributed by atoms with Gasteiger partial charge in [-0.1, -0.05) is 32.8 Å². The Bertz CT molecular complexity index is 487. The number of ketones is 1. The Morgan fingerprint density at radius 2 is 1.96 bits per heavy atom. The van der Waals surface area contributed by atoms with Gasteiger partial charge in [0.1, 0.15) is 6.04 Å². The van der Waals surface area contributed by atoms with Crippen molar-refractivity contribution in [2.24, 2.45) is 0 Å². The molecule has 1 saturated heterocycles. The van der Waals surface area contributed by atoms with E-state index in [9.17, 15) is 14.4 Å². The molecule has 2 amide bonds. The van der Waals surface area contributed by atoms with Crippen molar-refractivity contribution in [3.05, 3.63) is 12.7 Å². The Balaban J connectivity index is 0.00000326. The van der Waals surface area contributed by atoms with Gasteiger partial charge in [0.15, 0.2) is 5.78 Å². The maximum atomic E-state index is 12.9. The Morgan fingerprint density at radius 3 is 2.48 bits per heavy atom. The Hall–Kier alpha value is -1.46. The molecule has 1 N–H and O–H groups in total. The highest BCUT2D eigenvalue weighted by molar-refractivity contribution is 7.10. The molecule has 8 heteroatoms. The van der Waals surface area contributed by atoms with E-state index in [1.165, 1.54) is 11.8 Å². The molecule has 1 fully saturated rings. The molecule has 1 aliphatic rings. The van der Waals surface area contributed by atoms with Crippen molar-refractivity contribution in [2.75, 3.05) is 13.7 Å². The predicted octanol–water partition coefficient (Wildman–Crippen LogP) is 3.24. The maximum Gasteiger partial charge on any atom is 0.409 e. The van der Waals surface area contributed by atoms with Gasteiger partial charge in [-0.3, -0.25) is 9.59 Å². The number of ether oxygens (including phenoxy) is 1. The van der Waals surface area contributed by atoms with E-state index in [-0.39, 0.29) is 17.8 Å². The minimum absolute atomic E-state index is 0.0775. The number of nitrogens with zero attached hydrogens (tertiary/aromatic N) is 1. The Kier molecular flexibility index (Phi) is 13.8. The number of rotatable bonds is 10. The molecule has 0 bridgehead atoms. The van der Waals surface area contributed by atoms with Crippen molar-refractivity contribution in [2.45, 2.75) is 77.5 Å². The molecular formula is C19H35N2O5P. The van der Waals surface area contributed by atoms with E-state index in [0.717, 1.165) is 25.7 Å². The van der Waals surface area contributed by atoms with E-state index in [0.29, 0.717) is 19.4 Å². The van der Waals surface area contributed by atoms with Crippen LogP contribution in [0.2, 0.25) is 0 Å². The van der Waals surface area contributed by atoms with Crippen LogP contribution in [0.4, 0.5) is 4.79 Å². The monoisotopic (exact) mass is 402 g/mol. The molecule has 1 unspecified atom stereocenters. The highest BCUT2D eigenvalue weighted by atomic mass is 31.0. The molecule has 0 spiro atoms. The number of methoxy groups -OCH3 is 1. The van der Waals surface area contributed by atoms with Crippen LogP contribution in [-0.2, 0) is 18.8 Å². The quantitative estimate of drug-likeness (QED) is 0.344. The van der Waals surface area contributed by atoms with Crippen molar-refractivity contribution in [3.63, 3.8) is 0 Å². The molecular weight excluding hydrogens is 367 g/mol. The van der Waals surface area contributed by atoms with Crippen molar-refractivity contribution in [1.82, 2.24) is 10.2 Å². The van der Waals surface area contributed by atoms with Crippen LogP contribution < -0.4 is 5.32 Å². The molecule has 7 nitrogen and oxygen atoms in total. The molecule has 1 rings (SSSR count). The lowest BCUT2D eigenvalue weighted by molar-refractivity contribution is -0.138. The number of hydrogen-bond donors (Lipinski definition) is 1. The number of carbonyl (C=O) groups is 3. The predicted molar refractivity (Wildman–Crippen MR) is 109 cm³/mol. The SMILES string of the molecule is C=CCCCCC[C@H](NC(=O)OP)C(=O)N1C[C@H](OC)C[C@H]1C(C)=O.CC. The van der Waals surface area contributed by atoms with Gasteiger partial charge in [0, 0.05) is 20.1 Å². The molecule has 0 saturated carbocycles. The van der Waals surface area contributed by atoms with Crippen LogP contribution in [0, 0.1) is 0 Å². The topological polar surface area (TPSA) is 84.9 Å². The van der Waals surface area contributed by atoms with E-state index in [1.807, 2.05) is 29.4 Å². The number of amides is 2. The number of hydrogen-bond acceptors (Lipinski definition) is 5. The van der Waals surface area contributed by atoms with Crippen molar-refractivity contribution >= 4 is 27.3 Å². The highest BCUT2D eigenvalue weighted by Gasteiger charge is 2.40. The third kappa shape index (κ3) is 8.85. The van der Waals surface area contributed by atoms with Crippen molar-refractivity contribution in [1.29, 1.82) is 0 Å². The summed E-state index contributed by atoms with van der Waals surface area (Å²) in [6.07, 6.45) is 5.62. The third-order valence-corrected chi connectivity index (χ3v) is 4.66. The van der Waals surface area contributed by atoms with E-state index in [2.05, 4.69) is 16.4 Å². The summed E-state index contributed by atoms with van der Waals surface area (Å²) in [7, 11) is 3.43. The maximum absolute atomic E-state index is 12.9. The van der Waals surface area contributed by atoms with Gasteiger partial charge >= 0.3 is 6.09 Å². The van der Waals surface area contributed by atoms with Crippen LogP contribution >= 0.6 is 9.47 Å². The van der Waals surface area contributed by atoms with Crippen LogP contribution in [0.3, 0.4) is 0 Å². The molecule has 0 radical (unpaired) electrons. The molecule has 0 aromatic rings. The zero-order chi connectivity index (χ0) is 20.8. The highest BCUT2D eigenvalue weighted by Crippen LogP contribution is 2.23. The first-order chi connectivity index (χ1) is 12.9. The minimum atomic E-state index is -0.714. The summed E-state index contributed by atoms with van der Waals surface area (Å²) in [5.74, 6) is -0.342. The number of allylic oxidation sites excluding steroid dienone is 1. The zero-order valence-corrected chi connectivity index (χ0v) is 18.2. The first kappa shape index (κ1) is 25.5. The Labute approximate surface area is 165 Å². The van der Waals surface area contributed by atoms with Gasteiger partial charge in [0.05, 0.1) is 21.6 Å². The van der Waals surface area contributed by atoms with E-state index in [1.54, 1.807) is 7.11 Å². The van der Waals surface area contributed by atoms with E-state index < -0.39 is 18.2 Å². The normalized spacial score (nSPS) is 19.5. The fourth-order valence-electron chi connectivity index (χ4n) is 3.04. The fourth-order valence-corrected chi connectivity index (χ4v) is 3.11. The van der Waals surface area contributed by atoms with Crippen LogP contribution in [-0.4, -0.2) is 54.5 Å². The number of Topliss-reactive ketones (excluding diaryl/α,β-unsaturated/α-hetero) is 1. The number of unbranched alkanes of at least 4 members (excludes halogenated alkanes) is 3. The molecule has 1 heterocycles. The minimum Gasteiger partial charge on any atom is -0.435 e. The summed E-state index contributed by atoms with van der Waals surface area (Å²) in [6.45, 7) is 9.51. The summed E-state index contributed by atoms with van der Waals surface area (Å²) >= 11 is 0. The summed E-state index contributed by atoms with van der Waals surface area (Å²) < 4.78 is 9.85. The molecule has 0 aliphatic carbocycles. The smallest absolute Gasteiger partial charge is 0.409 e. The van der Waals surface area contributed by atoms with Crippen LogP contribution in [0.1, 0.15) is 59.3 Å². The van der Waals surface area contributed by atoms with Gasteiger partial charge in [-0.25, -0.2) is 4.79 Å². The zero-order valence-electron chi connectivity index (χ0n) is 17.0. The van der Waals surface area contributed by atoms with Gasteiger partial charge in [-0.2, -0.15) is 0 Å². The second-order valence-electron chi connectivity index (χ2n) is 6.24. The van der Waals surface area contributed by atoms with Crippen LogP contribution in [0.5, 0.6) is 0 Å². The average molecular weight is 402 g/mol. The Morgan fingerprint density at radius 1 is 1.30 bits per heavy atom. The van der Waals surface area contributed by atoms with Crippen LogP contribution in [0.15, 0.2) is 12.7 Å². The molecule has 0 aromatic heterocycles.